The predicted octanol–water partition coefficient (Wildman–Crippen LogP) is 3.59. The second kappa shape index (κ2) is 11.2. The van der Waals surface area contributed by atoms with E-state index in [-0.39, 0.29) is 30.4 Å². The second-order valence-corrected chi connectivity index (χ2v) is 5.60. The lowest BCUT2D eigenvalue weighted by Crippen LogP contribution is -2.09. The highest BCUT2D eigenvalue weighted by atomic mass is 16.5. The van der Waals surface area contributed by atoms with Gasteiger partial charge in [0.15, 0.2) is 35.4 Å². The van der Waals surface area contributed by atoms with Crippen molar-refractivity contribution in [1.82, 2.24) is 0 Å². The Kier molecular flexibility index (Phi) is 8.98. The maximum atomic E-state index is 11.8. The van der Waals surface area contributed by atoms with Gasteiger partial charge in [0.2, 0.25) is 0 Å². The Bertz CT molecular complexity index is 838. The summed E-state index contributed by atoms with van der Waals surface area (Å²) in [4.78, 5) is 23.6. The Hall–Kier alpha value is -3.74. The summed E-state index contributed by atoms with van der Waals surface area (Å²) in [6.07, 6.45) is 5.45. The Labute approximate surface area is 169 Å². The molecule has 0 aliphatic heterocycles. The van der Waals surface area contributed by atoms with Gasteiger partial charge in [0.1, 0.15) is 0 Å². The zero-order valence-electron chi connectivity index (χ0n) is 15.4. The molecule has 0 heterocycles. The molecule has 0 amide bonds. The second-order valence-electron chi connectivity index (χ2n) is 5.60. The summed E-state index contributed by atoms with van der Waals surface area (Å²) in [5.74, 6) is -0.525. The maximum Gasteiger partial charge on any atom is 0.331 e. The molecule has 0 saturated heterocycles. The molecule has 0 spiro atoms. The lowest BCUT2D eigenvalue weighted by atomic mass is 10.1. The molecule has 2 rings (SSSR count). The predicted molar refractivity (Wildman–Crippen MR) is 110 cm³/mol. The largest absolute Gasteiger partial charge is 0.504 e. The first kappa shape index (κ1) is 23.3. The monoisotopic (exact) mass is 400 g/mol. The Balaban J connectivity index is 0.00000420. The van der Waals surface area contributed by atoms with Crippen molar-refractivity contribution in [2.75, 3.05) is 20.8 Å². The van der Waals surface area contributed by atoms with Gasteiger partial charge in [-0.15, -0.1) is 0 Å². The van der Waals surface area contributed by atoms with Gasteiger partial charge < -0.3 is 24.4 Å². The summed E-state index contributed by atoms with van der Waals surface area (Å²) in [5.41, 5.74) is 1.27. The minimum absolute atomic E-state index is 0. The van der Waals surface area contributed by atoms with Gasteiger partial charge in [-0.1, -0.05) is 25.6 Å². The number of hydrogen-bond acceptors (Lipinski definition) is 7. The molecule has 0 radical (unpaired) electrons. The van der Waals surface area contributed by atoms with Gasteiger partial charge in [-0.05, 0) is 47.5 Å². The highest BCUT2D eigenvalue weighted by Gasteiger charge is 2.05. The highest BCUT2D eigenvalue weighted by Crippen LogP contribution is 2.27. The topological polar surface area (TPSA) is 102 Å². The molecule has 0 aromatic heterocycles. The quantitative estimate of drug-likeness (QED) is 0.516. The van der Waals surface area contributed by atoms with Crippen LogP contribution in [-0.2, 0) is 14.3 Å². The van der Waals surface area contributed by atoms with Crippen molar-refractivity contribution in [2.45, 2.75) is 7.43 Å². The van der Waals surface area contributed by atoms with Crippen molar-refractivity contribution in [3.8, 4) is 23.0 Å². The third kappa shape index (κ3) is 7.06. The Morgan fingerprint density at radius 3 is 1.83 bits per heavy atom. The average molecular weight is 400 g/mol. The first-order chi connectivity index (χ1) is 13.4. The first-order valence-corrected chi connectivity index (χ1v) is 8.22. The minimum atomic E-state index is -0.680. The van der Waals surface area contributed by atoms with Gasteiger partial charge in [-0.25, -0.2) is 4.79 Å². The standard InChI is InChI=1S/C21H20O7.CH4/c1-26-19-11-14(4-8-17(19)23)3-7-16(22)13-28-21(25)10-6-15-5-9-18(24)20(12-15)27-2;/h3-12,23-24H,13H2,1-2H3;1H4/b7-3+,10-6+;. The number of rotatable bonds is 8. The molecule has 2 aromatic carbocycles. The lowest BCUT2D eigenvalue weighted by Gasteiger charge is -2.04. The van der Waals surface area contributed by atoms with Crippen molar-refractivity contribution < 1.29 is 34.0 Å². The van der Waals surface area contributed by atoms with Crippen molar-refractivity contribution in [2.24, 2.45) is 0 Å². The number of carbonyl (C=O) groups is 2. The molecule has 0 fully saturated rings. The number of methoxy groups -OCH3 is 2. The van der Waals surface area contributed by atoms with Crippen LogP contribution in [0, 0.1) is 0 Å². The van der Waals surface area contributed by atoms with Crippen molar-refractivity contribution in [3.05, 3.63) is 59.7 Å². The smallest absolute Gasteiger partial charge is 0.331 e. The molecule has 154 valence electrons. The zero-order valence-corrected chi connectivity index (χ0v) is 15.4. The van der Waals surface area contributed by atoms with E-state index in [9.17, 15) is 19.8 Å². The SMILES string of the molecule is C.COc1cc(/C=C/C(=O)COC(=O)/C=C/c2ccc(O)c(OC)c2)ccc1O. The van der Waals surface area contributed by atoms with E-state index in [4.69, 9.17) is 14.2 Å². The fourth-order valence-corrected chi connectivity index (χ4v) is 2.19. The highest BCUT2D eigenvalue weighted by molar-refractivity contribution is 5.96. The molecule has 2 aromatic rings. The number of phenols is 2. The maximum absolute atomic E-state index is 11.8. The molecule has 0 atom stereocenters. The van der Waals surface area contributed by atoms with E-state index in [0.29, 0.717) is 11.1 Å². The normalized spacial score (nSPS) is 10.6. The van der Waals surface area contributed by atoms with Crippen LogP contribution in [-0.4, -0.2) is 42.8 Å². The summed E-state index contributed by atoms with van der Waals surface area (Å²) in [5, 5.41) is 19.1. The number of esters is 1. The summed E-state index contributed by atoms with van der Waals surface area (Å²) < 4.78 is 14.9. The molecule has 7 nitrogen and oxygen atoms in total. The van der Waals surface area contributed by atoms with E-state index in [1.165, 1.54) is 50.7 Å². The van der Waals surface area contributed by atoms with E-state index >= 15 is 0 Å². The number of aromatic hydroxyl groups is 2. The van der Waals surface area contributed by atoms with Crippen LogP contribution in [0.2, 0.25) is 0 Å². The van der Waals surface area contributed by atoms with Crippen LogP contribution in [0.1, 0.15) is 18.6 Å². The molecule has 0 aliphatic rings. The molecule has 2 N–H and O–H groups in total. The third-order valence-electron chi connectivity index (χ3n) is 3.64. The van der Waals surface area contributed by atoms with Crippen LogP contribution in [0.4, 0.5) is 0 Å². The number of ether oxygens (including phenoxy) is 3. The van der Waals surface area contributed by atoms with Gasteiger partial charge in [-0.2, -0.15) is 0 Å². The van der Waals surface area contributed by atoms with E-state index in [1.807, 2.05) is 0 Å². The van der Waals surface area contributed by atoms with Gasteiger partial charge in [0, 0.05) is 6.08 Å². The zero-order chi connectivity index (χ0) is 20.5. The van der Waals surface area contributed by atoms with Crippen LogP contribution in [0.3, 0.4) is 0 Å². The lowest BCUT2D eigenvalue weighted by molar-refractivity contribution is -0.141. The van der Waals surface area contributed by atoms with Gasteiger partial charge in [0.05, 0.1) is 14.2 Å². The van der Waals surface area contributed by atoms with Crippen LogP contribution >= 0.6 is 0 Å². The van der Waals surface area contributed by atoms with Crippen LogP contribution < -0.4 is 9.47 Å². The number of phenolic OH excluding ortho intramolecular Hbond substituents is 2. The molecule has 0 saturated carbocycles. The fraction of sp³-hybridized carbons (Fsp3) is 0.182. The van der Waals surface area contributed by atoms with E-state index in [1.54, 1.807) is 24.3 Å². The van der Waals surface area contributed by atoms with E-state index in [0.717, 1.165) is 0 Å². The Morgan fingerprint density at radius 1 is 0.862 bits per heavy atom. The fourth-order valence-electron chi connectivity index (χ4n) is 2.19. The van der Waals surface area contributed by atoms with Gasteiger partial charge >= 0.3 is 5.97 Å². The van der Waals surface area contributed by atoms with E-state index < -0.39 is 18.4 Å². The molecule has 0 bridgehead atoms. The summed E-state index contributed by atoms with van der Waals surface area (Å²) >= 11 is 0. The molecule has 29 heavy (non-hydrogen) atoms. The molecule has 7 heteroatoms. The van der Waals surface area contributed by atoms with Crippen molar-refractivity contribution in [3.63, 3.8) is 0 Å². The first-order valence-electron chi connectivity index (χ1n) is 8.22. The van der Waals surface area contributed by atoms with E-state index in [2.05, 4.69) is 0 Å². The van der Waals surface area contributed by atoms with Crippen molar-refractivity contribution >= 4 is 23.9 Å². The summed E-state index contributed by atoms with van der Waals surface area (Å²) in [6, 6.07) is 9.23. The minimum Gasteiger partial charge on any atom is -0.504 e. The number of ketones is 1. The Morgan fingerprint density at radius 2 is 1.34 bits per heavy atom. The number of benzene rings is 2. The molecule has 0 aliphatic carbocycles. The summed E-state index contributed by atoms with van der Waals surface area (Å²) in [6.45, 7) is -0.409. The summed E-state index contributed by atoms with van der Waals surface area (Å²) in [7, 11) is 2.85. The average Bonchev–Trinajstić information content (AvgIpc) is 2.70. The molecule has 0 unspecified atom stereocenters. The van der Waals surface area contributed by atoms with Crippen molar-refractivity contribution in [1.29, 1.82) is 0 Å². The van der Waals surface area contributed by atoms with Gasteiger partial charge in [-0.3, -0.25) is 4.79 Å². The number of carbonyl (C=O) groups excluding carboxylic acids is 2. The molecular formula is C22H24O7. The van der Waals surface area contributed by atoms with Gasteiger partial charge in [0.25, 0.3) is 0 Å². The van der Waals surface area contributed by atoms with Crippen LogP contribution in [0.5, 0.6) is 23.0 Å². The third-order valence-corrected chi connectivity index (χ3v) is 3.64. The molecular weight excluding hydrogens is 376 g/mol. The van der Waals surface area contributed by atoms with Crippen LogP contribution in [0.25, 0.3) is 12.2 Å². The van der Waals surface area contributed by atoms with Crippen LogP contribution in [0.15, 0.2) is 48.6 Å². The number of hydrogen-bond donors (Lipinski definition) is 2.